The molecule has 5 aliphatic carbocycles. The number of aliphatic carboxylic acids is 1. The first-order chi connectivity index (χ1) is 25.2. The van der Waals surface area contributed by atoms with Crippen molar-refractivity contribution in [3.8, 4) is 0 Å². The number of nitrogens with zero attached hydrogens (tertiary/aromatic N) is 1. The van der Waals surface area contributed by atoms with Gasteiger partial charge in [-0.2, -0.15) is 0 Å². The Labute approximate surface area is 329 Å². The Kier molecular flexibility index (Phi) is 11.4. The molecule has 54 heavy (non-hydrogen) atoms. The molecule has 300 valence electrons. The predicted octanol–water partition coefficient (Wildman–Crippen LogP) is 8.46. The summed E-state index contributed by atoms with van der Waals surface area (Å²) in [5.74, 6) is 0.512. The van der Waals surface area contributed by atoms with Crippen molar-refractivity contribution in [1.82, 2.24) is 4.90 Å². The van der Waals surface area contributed by atoms with Gasteiger partial charge in [-0.1, -0.05) is 70.8 Å². The second kappa shape index (κ2) is 14.9. The van der Waals surface area contributed by atoms with Crippen molar-refractivity contribution < 1.29 is 29.3 Å². The number of Topliss-reactive ketones (excluding diaryl/α,β-unsaturated/α-hetero) is 1. The number of ether oxygens (including phenoxy) is 1. The van der Waals surface area contributed by atoms with Crippen LogP contribution in [0.2, 0.25) is 5.02 Å². The number of rotatable bonds is 12. The standard InChI is InChI=1S/C45H67ClN2O6/c1-27(2)38-32(49)23-45(35(50)26-48(22-21-47)25-28-9-11-29(46)12-10-28)20-15-31-30(39(38)45)13-14-34-43(31,7)18-16-33-42(5,6)36(17-19-44(33,34)8)54-37(51)24-41(3,4)40(52)53/h9-12,27,30-31,33-36,50H,13-26,47H2,1-8H3,(H,52,53). The SMILES string of the molecule is CC(C)C1=C2C3CCC4C(C)(CCC5C(C)(C)C(OC(=O)CC(C)(C)C(=O)O)CCC54C)C3CCC2(C(O)CN(CCN)Cc2ccc(Cl)cc2)CC1=O. The fourth-order valence-electron chi connectivity index (χ4n) is 13.3. The highest BCUT2D eigenvalue weighted by Crippen LogP contribution is 2.73. The monoisotopic (exact) mass is 766 g/mol. The van der Waals surface area contributed by atoms with E-state index in [1.165, 1.54) is 5.57 Å². The van der Waals surface area contributed by atoms with Crippen LogP contribution in [0, 0.1) is 56.7 Å². The van der Waals surface area contributed by atoms with Gasteiger partial charge in [0.15, 0.2) is 5.78 Å². The molecule has 6 rings (SSSR count). The third-order valence-electron chi connectivity index (χ3n) is 15.9. The van der Waals surface area contributed by atoms with Gasteiger partial charge in [-0.25, -0.2) is 0 Å². The second-order valence-electron chi connectivity index (χ2n) is 20.1. The van der Waals surface area contributed by atoms with Gasteiger partial charge in [0.25, 0.3) is 0 Å². The molecule has 0 spiro atoms. The van der Waals surface area contributed by atoms with Gasteiger partial charge in [-0.05, 0) is 129 Å². The zero-order valence-corrected chi connectivity index (χ0v) is 34.9. The fourth-order valence-corrected chi connectivity index (χ4v) is 13.4. The maximum Gasteiger partial charge on any atom is 0.309 e. The maximum absolute atomic E-state index is 14.1. The van der Waals surface area contributed by atoms with Crippen molar-refractivity contribution in [2.45, 2.75) is 138 Å². The molecule has 9 heteroatoms. The molecule has 8 nitrogen and oxygen atoms in total. The Hall–Kier alpha value is -2.26. The van der Waals surface area contributed by atoms with E-state index < -0.39 is 28.9 Å². The van der Waals surface area contributed by atoms with Gasteiger partial charge >= 0.3 is 11.9 Å². The first-order valence-electron chi connectivity index (χ1n) is 20.8. The number of halogens is 1. The van der Waals surface area contributed by atoms with E-state index in [0.29, 0.717) is 55.4 Å². The van der Waals surface area contributed by atoms with Crippen molar-refractivity contribution in [2.24, 2.45) is 62.4 Å². The number of hydrogen-bond donors (Lipinski definition) is 3. The highest BCUT2D eigenvalue weighted by Gasteiger charge is 2.67. The molecule has 0 radical (unpaired) electrons. The maximum atomic E-state index is 14.1. The highest BCUT2D eigenvalue weighted by atomic mass is 35.5. The summed E-state index contributed by atoms with van der Waals surface area (Å²) < 4.78 is 6.16. The van der Waals surface area contributed by atoms with Gasteiger partial charge in [-0.15, -0.1) is 0 Å². The summed E-state index contributed by atoms with van der Waals surface area (Å²) in [5.41, 5.74) is 7.71. The van der Waals surface area contributed by atoms with Crippen LogP contribution in [0.5, 0.6) is 0 Å². The van der Waals surface area contributed by atoms with Crippen molar-refractivity contribution in [1.29, 1.82) is 0 Å². The Bertz CT molecular complexity index is 1640. The zero-order valence-electron chi connectivity index (χ0n) is 34.2. The molecule has 1 aromatic carbocycles. The number of aliphatic hydroxyl groups excluding tert-OH is 1. The minimum atomic E-state index is -1.17. The van der Waals surface area contributed by atoms with Crippen LogP contribution in [0.4, 0.5) is 0 Å². The van der Waals surface area contributed by atoms with Crippen LogP contribution in [-0.4, -0.2) is 64.7 Å². The number of aliphatic hydroxyl groups is 1. The van der Waals surface area contributed by atoms with E-state index in [-0.39, 0.29) is 46.4 Å². The molecule has 0 aromatic heterocycles. The molecular formula is C45H67ClN2O6. The largest absolute Gasteiger partial charge is 0.481 e. The van der Waals surface area contributed by atoms with Crippen LogP contribution in [0.25, 0.3) is 0 Å². The summed E-state index contributed by atoms with van der Waals surface area (Å²) in [6.45, 7) is 19.3. The van der Waals surface area contributed by atoms with Gasteiger partial charge in [0.1, 0.15) is 6.10 Å². The molecule has 0 amide bonds. The van der Waals surface area contributed by atoms with Crippen LogP contribution >= 0.6 is 11.6 Å². The van der Waals surface area contributed by atoms with Gasteiger partial charge in [0.2, 0.25) is 0 Å². The van der Waals surface area contributed by atoms with Gasteiger partial charge < -0.3 is 20.7 Å². The van der Waals surface area contributed by atoms with Crippen molar-refractivity contribution >= 4 is 29.3 Å². The zero-order chi connectivity index (χ0) is 39.6. The van der Waals surface area contributed by atoms with E-state index in [9.17, 15) is 24.6 Å². The lowest BCUT2D eigenvalue weighted by atomic mass is 9.36. The molecule has 4 N–H and O–H groups in total. The number of allylic oxidation sites excluding steroid dienone is 1. The first kappa shape index (κ1) is 41.4. The van der Waals surface area contributed by atoms with E-state index in [0.717, 1.165) is 62.5 Å². The second-order valence-corrected chi connectivity index (χ2v) is 20.5. The summed E-state index contributed by atoms with van der Waals surface area (Å²) in [4.78, 5) is 41.2. The van der Waals surface area contributed by atoms with Crippen molar-refractivity contribution in [3.63, 3.8) is 0 Å². The van der Waals surface area contributed by atoms with Crippen LogP contribution in [0.1, 0.15) is 125 Å². The summed E-state index contributed by atoms with van der Waals surface area (Å²) >= 11 is 6.18. The highest BCUT2D eigenvalue weighted by molar-refractivity contribution is 6.30. The number of carbonyl (C=O) groups is 3. The van der Waals surface area contributed by atoms with Crippen LogP contribution in [-0.2, 0) is 25.7 Å². The summed E-state index contributed by atoms with van der Waals surface area (Å²) in [7, 11) is 0. The van der Waals surface area contributed by atoms with E-state index in [2.05, 4.69) is 46.4 Å². The minimum absolute atomic E-state index is 0.0733. The molecule has 5 aliphatic rings. The van der Waals surface area contributed by atoms with Crippen LogP contribution < -0.4 is 5.73 Å². The van der Waals surface area contributed by atoms with E-state index in [4.69, 9.17) is 22.1 Å². The first-order valence-corrected chi connectivity index (χ1v) is 21.1. The smallest absolute Gasteiger partial charge is 0.309 e. The number of esters is 1. The van der Waals surface area contributed by atoms with Gasteiger partial charge in [-0.3, -0.25) is 19.3 Å². The number of ketones is 1. The molecule has 1 aromatic rings. The molecule has 0 bridgehead atoms. The number of carbonyl (C=O) groups excluding carboxylic acids is 2. The lowest BCUT2D eigenvalue weighted by molar-refractivity contribution is -0.214. The molecule has 0 saturated heterocycles. The third-order valence-corrected chi connectivity index (χ3v) is 16.1. The number of nitrogens with two attached hydrogens (primary N) is 1. The quantitative estimate of drug-likeness (QED) is 0.181. The molecule has 9 unspecified atom stereocenters. The molecule has 9 atom stereocenters. The topological polar surface area (TPSA) is 130 Å². The Balaban J connectivity index is 1.25. The molecular weight excluding hydrogens is 700 g/mol. The van der Waals surface area contributed by atoms with Crippen LogP contribution in [0.15, 0.2) is 35.4 Å². The molecule has 4 saturated carbocycles. The van der Waals surface area contributed by atoms with E-state index in [1.54, 1.807) is 13.8 Å². The third kappa shape index (κ3) is 7.02. The molecule has 0 heterocycles. The number of benzene rings is 1. The van der Waals surface area contributed by atoms with E-state index in [1.807, 2.05) is 24.3 Å². The number of fused-ring (bicyclic) bond motifs is 7. The van der Waals surface area contributed by atoms with Gasteiger partial charge in [0, 0.05) is 48.5 Å². The average molecular weight is 767 g/mol. The number of hydrogen-bond acceptors (Lipinski definition) is 7. The Morgan fingerprint density at radius 1 is 0.981 bits per heavy atom. The lowest BCUT2D eigenvalue weighted by Gasteiger charge is -2.69. The Morgan fingerprint density at radius 2 is 1.65 bits per heavy atom. The minimum Gasteiger partial charge on any atom is -0.481 e. The predicted molar refractivity (Wildman–Crippen MR) is 213 cm³/mol. The lowest BCUT2D eigenvalue weighted by Crippen LogP contribution is -2.63. The summed E-state index contributed by atoms with van der Waals surface area (Å²) in [5, 5.41) is 22.7. The number of carboxylic acids is 1. The van der Waals surface area contributed by atoms with Crippen molar-refractivity contribution in [2.75, 3.05) is 19.6 Å². The molecule has 4 fully saturated rings. The molecule has 0 aliphatic heterocycles. The normalized spacial score (nSPS) is 35.3. The van der Waals surface area contributed by atoms with Gasteiger partial charge in [0.05, 0.1) is 17.9 Å². The summed E-state index contributed by atoms with van der Waals surface area (Å²) in [6, 6.07) is 7.86. The number of carboxylic acid groups (broad SMARTS) is 1. The Morgan fingerprint density at radius 3 is 2.28 bits per heavy atom. The fraction of sp³-hybridized carbons (Fsp3) is 0.756. The average Bonchev–Trinajstić information content (AvgIpc) is 3.40. The van der Waals surface area contributed by atoms with E-state index >= 15 is 0 Å². The van der Waals surface area contributed by atoms with Crippen molar-refractivity contribution in [3.05, 3.63) is 46.0 Å². The summed E-state index contributed by atoms with van der Waals surface area (Å²) in [6.07, 6.45) is 7.19. The van der Waals surface area contributed by atoms with Crippen LogP contribution in [0.3, 0.4) is 0 Å².